The van der Waals surface area contributed by atoms with Crippen LogP contribution < -0.4 is 10.2 Å². The molecule has 0 aliphatic carbocycles. The maximum absolute atomic E-state index is 5.89. The van der Waals surface area contributed by atoms with Gasteiger partial charge in [0, 0.05) is 30.6 Å². The molecule has 3 aromatic rings. The van der Waals surface area contributed by atoms with Crippen LogP contribution in [0.3, 0.4) is 0 Å². The molecule has 0 saturated carbocycles. The molecule has 1 fully saturated rings. The van der Waals surface area contributed by atoms with Gasteiger partial charge >= 0.3 is 0 Å². The molecule has 6 nitrogen and oxygen atoms in total. The molecule has 0 atom stereocenters. The predicted octanol–water partition coefficient (Wildman–Crippen LogP) is 3.97. The third-order valence-corrected chi connectivity index (χ3v) is 5.33. The Morgan fingerprint density at radius 1 is 1.14 bits per heavy atom. The third-order valence-electron chi connectivity index (χ3n) is 4.59. The van der Waals surface area contributed by atoms with Gasteiger partial charge in [0.1, 0.15) is 12.4 Å². The summed E-state index contributed by atoms with van der Waals surface area (Å²) in [5, 5.41) is 7.09. The first kappa shape index (κ1) is 19.6. The van der Waals surface area contributed by atoms with E-state index in [2.05, 4.69) is 20.4 Å². The molecule has 0 amide bonds. The lowest BCUT2D eigenvalue weighted by atomic mass is 10.2. The quantitative estimate of drug-likeness (QED) is 0.452. The van der Waals surface area contributed by atoms with Gasteiger partial charge in [-0.3, -0.25) is 10.3 Å². The van der Waals surface area contributed by atoms with Crippen LogP contribution in [-0.2, 0) is 4.74 Å². The Morgan fingerprint density at radius 3 is 2.86 bits per heavy atom. The van der Waals surface area contributed by atoms with Gasteiger partial charge in [-0.1, -0.05) is 42.5 Å². The average Bonchev–Trinajstić information content (AvgIpc) is 3.25. The van der Waals surface area contributed by atoms with Crippen molar-refractivity contribution in [1.82, 2.24) is 9.88 Å². The first-order chi connectivity index (χ1) is 14.4. The lowest BCUT2D eigenvalue weighted by Crippen LogP contribution is -2.38. The second kappa shape index (κ2) is 10.2. The van der Waals surface area contributed by atoms with Gasteiger partial charge in [0.15, 0.2) is 0 Å². The lowest BCUT2D eigenvalue weighted by Gasteiger charge is -2.26. The molecule has 1 aliphatic heterocycles. The Morgan fingerprint density at radius 2 is 2.00 bits per heavy atom. The number of morpholine rings is 1. The molecule has 2 aromatic carbocycles. The highest BCUT2D eigenvalue weighted by Crippen LogP contribution is 2.24. The third kappa shape index (κ3) is 5.87. The number of hydrogen-bond acceptors (Lipinski definition) is 7. The van der Waals surface area contributed by atoms with E-state index in [1.807, 2.05) is 60.0 Å². The molecule has 0 unspecified atom stereocenters. The molecule has 0 bridgehead atoms. The summed E-state index contributed by atoms with van der Waals surface area (Å²) in [5.74, 6) is 0.850. The number of thiazole rings is 1. The average molecular weight is 409 g/mol. The number of hydrogen-bond donors (Lipinski definition) is 1. The van der Waals surface area contributed by atoms with Crippen molar-refractivity contribution >= 4 is 22.7 Å². The molecular formula is C22H24N4O2S. The summed E-state index contributed by atoms with van der Waals surface area (Å²) in [6.45, 7) is 5.15. The van der Waals surface area contributed by atoms with Gasteiger partial charge < -0.3 is 9.47 Å². The van der Waals surface area contributed by atoms with Crippen molar-refractivity contribution < 1.29 is 9.47 Å². The summed E-state index contributed by atoms with van der Waals surface area (Å²) in [6, 6.07) is 18.0. The van der Waals surface area contributed by atoms with Gasteiger partial charge in [-0.25, -0.2) is 4.98 Å². The molecule has 1 N–H and O–H groups in total. The standard InChI is InChI=1S/C22H24N4O2S/c1-2-6-19(7-3-1)21-17-29-22(24-21)25-23-16-18-5-4-8-20(15-18)28-14-11-26-9-12-27-13-10-26/h1-8,15-17H,9-14H2,(H,24,25). The largest absolute Gasteiger partial charge is 0.492 e. The number of nitrogens with one attached hydrogen (secondary N) is 1. The molecule has 0 spiro atoms. The maximum atomic E-state index is 5.89. The normalized spacial score (nSPS) is 14.9. The van der Waals surface area contributed by atoms with E-state index in [0.717, 1.165) is 60.5 Å². The topological polar surface area (TPSA) is 59.0 Å². The van der Waals surface area contributed by atoms with Gasteiger partial charge in [-0.15, -0.1) is 11.3 Å². The first-order valence-electron chi connectivity index (χ1n) is 9.70. The Labute approximate surface area is 174 Å². The SMILES string of the molecule is C(=NNc1nc(-c2ccccc2)cs1)c1cccc(OCCN2CCOCC2)c1. The van der Waals surface area contributed by atoms with Crippen LogP contribution in [0.15, 0.2) is 65.1 Å². The van der Waals surface area contributed by atoms with E-state index in [1.165, 1.54) is 11.3 Å². The van der Waals surface area contributed by atoms with Crippen LogP contribution in [0.4, 0.5) is 5.13 Å². The van der Waals surface area contributed by atoms with Crippen molar-refractivity contribution in [1.29, 1.82) is 0 Å². The van der Waals surface area contributed by atoms with Crippen molar-refractivity contribution in [3.05, 3.63) is 65.5 Å². The Bertz CT molecular complexity index is 923. The smallest absolute Gasteiger partial charge is 0.203 e. The van der Waals surface area contributed by atoms with Crippen LogP contribution in [0.5, 0.6) is 5.75 Å². The van der Waals surface area contributed by atoms with E-state index in [-0.39, 0.29) is 0 Å². The highest BCUT2D eigenvalue weighted by Gasteiger charge is 2.09. The summed E-state index contributed by atoms with van der Waals surface area (Å²) >= 11 is 1.53. The minimum atomic E-state index is 0.667. The summed E-state index contributed by atoms with van der Waals surface area (Å²) < 4.78 is 11.3. The number of hydrazone groups is 1. The van der Waals surface area contributed by atoms with Crippen LogP contribution in [0.1, 0.15) is 5.56 Å². The number of aromatic nitrogens is 1. The fourth-order valence-electron chi connectivity index (χ4n) is 3.03. The van der Waals surface area contributed by atoms with E-state index in [4.69, 9.17) is 9.47 Å². The van der Waals surface area contributed by atoms with E-state index in [9.17, 15) is 0 Å². The number of nitrogens with zero attached hydrogens (tertiary/aromatic N) is 3. The first-order valence-corrected chi connectivity index (χ1v) is 10.6. The minimum Gasteiger partial charge on any atom is -0.492 e. The Kier molecular flexibility index (Phi) is 6.85. The van der Waals surface area contributed by atoms with Crippen molar-refractivity contribution in [2.24, 2.45) is 5.10 Å². The summed E-state index contributed by atoms with van der Waals surface area (Å²) in [6.07, 6.45) is 1.78. The molecule has 1 aromatic heterocycles. The lowest BCUT2D eigenvalue weighted by molar-refractivity contribution is 0.0322. The zero-order valence-electron chi connectivity index (χ0n) is 16.2. The minimum absolute atomic E-state index is 0.667. The van der Waals surface area contributed by atoms with Crippen LogP contribution in [0.2, 0.25) is 0 Å². The highest BCUT2D eigenvalue weighted by molar-refractivity contribution is 7.14. The van der Waals surface area contributed by atoms with E-state index in [0.29, 0.717) is 6.61 Å². The molecule has 29 heavy (non-hydrogen) atoms. The molecule has 2 heterocycles. The van der Waals surface area contributed by atoms with Crippen LogP contribution in [-0.4, -0.2) is 55.6 Å². The van der Waals surface area contributed by atoms with Gasteiger partial charge in [0.2, 0.25) is 5.13 Å². The van der Waals surface area contributed by atoms with Gasteiger partial charge in [0.25, 0.3) is 0 Å². The van der Waals surface area contributed by atoms with E-state index >= 15 is 0 Å². The number of rotatable bonds is 8. The number of benzene rings is 2. The summed E-state index contributed by atoms with van der Waals surface area (Å²) in [7, 11) is 0. The van der Waals surface area contributed by atoms with Crippen molar-refractivity contribution in [3.63, 3.8) is 0 Å². The highest BCUT2D eigenvalue weighted by atomic mass is 32.1. The maximum Gasteiger partial charge on any atom is 0.203 e. The van der Waals surface area contributed by atoms with Crippen molar-refractivity contribution in [2.45, 2.75) is 0 Å². The van der Waals surface area contributed by atoms with E-state index in [1.54, 1.807) is 6.21 Å². The molecule has 1 aliphatic rings. The van der Waals surface area contributed by atoms with Gasteiger partial charge in [-0.05, 0) is 17.7 Å². The molecule has 0 radical (unpaired) electrons. The van der Waals surface area contributed by atoms with Crippen LogP contribution in [0, 0.1) is 0 Å². The van der Waals surface area contributed by atoms with Gasteiger partial charge in [-0.2, -0.15) is 5.10 Å². The van der Waals surface area contributed by atoms with Crippen LogP contribution in [0.25, 0.3) is 11.3 Å². The van der Waals surface area contributed by atoms with Crippen molar-refractivity contribution in [3.8, 4) is 17.0 Å². The second-order valence-electron chi connectivity index (χ2n) is 6.65. The van der Waals surface area contributed by atoms with E-state index < -0.39 is 0 Å². The zero-order chi connectivity index (χ0) is 19.7. The zero-order valence-corrected chi connectivity index (χ0v) is 17.0. The number of anilines is 1. The monoisotopic (exact) mass is 408 g/mol. The van der Waals surface area contributed by atoms with Crippen molar-refractivity contribution in [2.75, 3.05) is 44.9 Å². The number of ether oxygens (including phenoxy) is 2. The molecule has 4 rings (SSSR count). The molecule has 150 valence electrons. The molecule has 7 heteroatoms. The molecule has 1 saturated heterocycles. The Hall–Kier alpha value is -2.74. The fraction of sp³-hybridized carbons (Fsp3) is 0.273. The van der Waals surface area contributed by atoms with Crippen LogP contribution >= 0.6 is 11.3 Å². The fourth-order valence-corrected chi connectivity index (χ4v) is 3.70. The summed E-state index contributed by atoms with van der Waals surface area (Å²) in [5.41, 5.74) is 6.03. The predicted molar refractivity (Wildman–Crippen MR) is 118 cm³/mol. The second-order valence-corrected chi connectivity index (χ2v) is 7.51. The molecular weight excluding hydrogens is 384 g/mol. The Balaban J connectivity index is 1.27. The summed E-state index contributed by atoms with van der Waals surface area (Å²) in [4.78, 5) is 6.93. The van der Waals surface area contributed by atoms with Gasteiger partial charge in [0.05, 0.1) is 25.1 Å².